The van der Waals surface area contributed by atoms with Gasteiger partial charge in [0.15, 0.2) is 12.4 Å². The van der Waals surface area contributed by atoms with Crippen LogP contribution in [0.3, 0.4) is 0 Å². The zero-order chi connectivity index (χ0) is 22.2. The molecule has 3 aromatic rings. The van der Waals surface area contributed by atoms with Gasteiger partial charge in [0, 0.05) is 11.3 Å². The van der Waals surface area contributed by atoms with Gasteiger partial charge in [-0.1, -0.05) is 59.1 Å². The maximum absolute atomic E-state index is 12.1. The van der Waals surface area contributed by atoms with E-state index < -0.39 is 0 Å². The zero-order valence-corrected chi connectivity index (χ0v) is 18.1. The first-order valence-electron chi connectivity index (χ1n) is 9.29. The second-order valence-corrected chi connectivity index (χ2v) is 7.40. The van der Waals surface area contributed by atoms with E-state index in [1.165, 1.54) is 6.21 Å². The summed E-state index contributed by atoms with van der Waals surface area (Å²) in [6.45, 7) is 1.69. The van der Waals surface area contributed by atoms with Crippen LogP contribution >= 0.6 is 23.2 Å². The van der Waals surface area contributed by atoms with Gasteiger partial charge in [0.25, 0.3) is 11.8 Å². The number of anilines is 1. The van der Waals surface area contributed by atoms with Crippen LogP contribution < -0.4 is 15.5 Å². The van der Waals surface area contributed by atoms with E-state index in [9.17, 15) is 9.59 Å². The Morgan fingerprint density at radius 3 is 2.29 bits per heavy atom. The Kier molecular flexibility index (Phi) is 7.65. The van der Waals surface area contributed by atoms with Gasteiger partial charge >= 0.3 is 0 Å². The second-order valence-electron chi connectivity index (χ2n) is 6.58. The zero-order valence-electron chi connectivity index (χ0n) is 16.6. The smallest absolute Gasteiger partial charge is 0.271 e. The molecule has 31 heavy (non-hydrogen) atoms. The van der Waals surface area contributed by atoms with Gasteiger partial charge in [-0.3, -0.25) is 9.59 Å². The molecule has 6 nitrogen and oxygen atoms in total. The number of aryl methyl sites for hydroxylation is 1. The maximum Gasteiger partial charge on any atom is 0.271 e. The number of hydrazone groups is 1. The lowest BCUT2D eigenvalue weighted by Crippen LogP contribution is -2.20. The topological polar surface area (TPSA) is 79.8 Å². The van der Waals surface area contributed by atoms with Crippen LogP contribution in [0.2, 0.25) is 10.0 Å². The molecule has 0 saturated heterocycles. The first-order valence-corrected chi connectivity index (χ1v) is 10.0. The number of carbonyl (C=O) groups excluding carboxylic acids is 2. The van der Waals surface area contributed by atoms with Crippen molar-refractivity contribution in [3.63, 3.8) is 0 Å². The average molecular weight is 456 g/mol. The number of amides is 2. The molecule has 0 aliphatic carbocycles. The molecule has 0 atom stereocenters. The quantitative estimate of drug-likeness (QED) is 0.384. The number of halogens is 2. The molecule has 0 saturated carbocycles. The minimum absolute atomic E-state index is 0.187. The highest BCUT2D eigenvalue weighted by molar-refractivity contribution is 6.37. The maximum atomic E-state index is 12.1. The predicted molar refractivity (Wildman–Crippen MR) is 123 cm³/mol. The van der Waals surface area contributed by atoms with Gasteiger partial charge in [0.05, 0.1) is 16.3 Å². The first-order chi connectivity index (χ1) is 14.9. The molecule has 158 valence electrons. The molecular weight excluding hydrogens is 437 g/mol. The van der Waals surface area contributed by atoms with E-state index in [1.54, 1.807) is 36.4 Å². The lowest BCUT2D eigenvalue weighted by Gasteiger charge is -2.11. The van der Waals surface area contributed by atoms with Gasteiger partial charge < -0.3 is 10.1 Å². The minimum atomic E-state index is -0.345. The number of nitrogens with one attached hydrogen (secondary N) is 2. The molecule has 0 spiro atoms. The van der Waals surface area contributed by atoms with Gasteiger partial charge in [-0.15, -0.1) is 0 Å². The summed E-state index contributed by atoms with van der Waals surface area (Å²) in [6.07, 6.45) is 1.41. The van der Waals surface area contributed by atoms with Gasteiger partial charge in [-0.05, 0) is 48.9 Å². The third kappa shape index (κ3) is 6.57. The van der Waals surface area contributed by atoms with Crippen LogP contribution in [0.15, 0.2) is 71.8 Å². The molecular formula is C23H19Cl2N3O3. The van der Waals surface area contributed by atoms with Crippen LogP contribution in [0.4, 0.5) is 5.69 Å². The van der Waals surface area contributed by atoms with Gasteiger partial charge in [0.1, 0.15) is 0 Å². The monoisotopic (exact) mass is 455 g/mol. The molecule has 3 rings (SSSR count). The van der Waals surface area contributed by atoms with E-state index in [4.69, 9.17) is 27.9 Å². The fourth-order valence-electron chi connectivity index (χ4n) is 2.58. The summed E-state index contributed by atoms with van der Waals surface area (Å²) >= 11 is 12.5. The largest absolute Gasteiger partial charge is 0.481 e. The number of carbonyl (C=O) groups is 2. The lowest BCUT2D eigenvalue weighted by molar-refractivity contribution is -0.118. The fourth-order valence-corrected chi connectivity index (χ4v) is 3.20. The lowest BCUT2D eigenvalue weighted by atomic mass is 10.1. The Morgan fingerprint density at radius 1 is 1.00 bits per heavy atom. The van der Waals surface area contributed by atoms with Gasteiger partial charge in [-0.25, -0.2) is 5.43 Å². The number of rotatable bonds is 7. The molecule has 0 bridgehead atoms. The van der Waals surface area contributed by atoms with Crippen molar-refractivity contribution in [1.29, 1.82) is 0 Å². The third-order valence-electron chi connectivity index (χ3n) is 4.12. The Hall–Kier alpha value is -3.35. The Labute approximate surface area is 189 Å². The fraction of sp³-hybridized carbons (Fsp3) is 0.0870. The molecule has 3 aromatic carbocycles. The van der Waals surface area contributed by atoms with Crippen LogP contribution in [0.1, 0.15) is 21.5 Å². The van der Waals surface area contributed by atoms with E-state index in [2.05, 4.69) is 15.8 Å². The van der Waals surface area contributed by atoms with Crippen molar-refractivity contribution < 1.29 is 14.3 Å². The van der Waals surface area contributed by atoms with Crippen LogP contribution in [-0.4, -0.2) is 24.6 Å². The van der Waals surface area contributed by atoms with Crippen molar-refractivity contribution in [2.24, 2.45) is 5.10 Å². The molecule has 0 heterocycles. The standard InChI is InChI=1S/C23H19Cl2N3O3/c1-15-7-9-17(10-8-15)23(30)28-26-13-16-11-19(24)22(20(25)12-16)31-14-21(29)27-18-5-3-2-4-6-18/h2-13H,14H2,1H3,(H,27,29)(H,28,30)/b26-13+. The number of nitrogens with zero attached hydrogens (tertiary/aromatic N) is 1. The van der Waals surface area contributed by atoms with E-state index in [1.807, 2.05) is 37.3 Å². The summed E-state index contributed by atoms with van der Waals surface area (Å²) in [5, 5.41) is 7.06. The van der Waals surface area contributed by atoms with Crippen molar-refractivity contribution in [1.82, 2.24) is 5.43 Å². The molecule has 2 N–H and O–H groups in total. The van der Waals surface area contributed by atoms with Crippen LogP contribution in [0.5, 0.6) is 5.75 Å². The molecule has 0 aliphatic rings. The second kappa shape index (κ2) is 10.6. The minimum Gasteiger partial charge on any atom is -0.481 e. The highest BCUT2D eigenvalue weighted by atomic mass is 35.5. The Bertz CT molecular complexity index is 1080. The number of hydrogen-bond acceptors (Lipinski definition) is 4. The van der Waals surface area contributed by atoms with Crippen LogP contribution in [-0.2, 0) is 4.79 Å². The van der Waals surface area contributed by atoms with Crippen molar-refractivity contribution in [3.05, 3.63) is 93.5 Å². The SMILES string of the molecule is Cc1ccc(C(=O)N/N=C/c2cc(Cl)c(OCC(=O)Nc3ccccc3)c(Cl)c2)cc1. The number of benzene rings is 3. The molecule has 2 amide bonds. The predicted octanol–water partition coefficient (Wildman–Crippen LogP) is 5.08. The number of ether oxygens (including phenoxy) is 1. The highest BCUT2D eigenvalue weighted by Crippen LogP contribution is 2.33. The Morgan fingerprint density at radius 2 is 1.65 bits per heavy atom. The highest BCUT2D eigenvalue weighted by Gasteiger charge is 2.12. The van der Waals surface area contributed by atoms with Crippen molar-refractivity contribution in [3.8, 4) is 5.75 Å². The van der Waals surface area contributed by atoms with Gasteiger partial charge in [0.2, 0.25) is 0 Å². The molecule has 8 heteroatoms. The van der Waals surface area contributed by atoms with Crippen molar-refractivity contribution in [2.75, 3.05) is 11.9 Å². The van der Waals surface area contributed by atoms with E-state index >= 15 is 0 Å². The normalized spacial score (nSPS) is 10.7. The van der Waals surface area contributed by atoms with E-state index in [-0.39, 0.29) is 34.2 Å². The Balaban J connectivity index is 1.58. The van der Waals surface area contributed by atoms with Crippen molar-refractivity contribution >= 4 is 46.9 Å². The third-order valence-corrected chi connectivity index (χ3v) is 4.68. The summed E-state index contributed by atoms with van der Waals surface area (Å²) in [4.78, 5) is 24.1. The van der Waals surface area contributed by atoms with Crippen LogP contribution in [0, 0.1) is 6.92 Å². The molecule has 0 radical (unpaired) electrons. The summed E-state index contributed by atoms with van der Waals surface area (Å²) in [7, 11) is 0. The summed E-state index contributed by atoms with van der Waals surface area (Å²) in [5.74, 6) is -0.493. The van der Waals surface area contributed by atoms with E-state index in [0.29, 0.717) is 16.8 Å². The van der Waals surface area contributed by atoms with Crippen molar-refractivity contribution in [2.45, 2.75) is 6.92 Å². The van der Waals surface area contributed by atoms with E-state index in [0.717, 1.165) is 5.56 Å². The number of para-hydroxylation sites is 1. The summed E-state index contributed by atoms with van der Waals surface area (Å²) in [6, 6.07) is 19.3. The average Bonchev–Trinajstić information content (AvgIpc) is 2.74. The summed E-state index contributed by atoms with van der Waals surface area (Å²) < 4.78 is 5.48. The molecule has 0 fully saturated rings. The molecule has 0 aliphatic heterocycles. The first kappa shape index (κ1) is 22.3. The van der Waals surface area contributed by atoms with Gasteiger partial charge in [-0.2, -0.15) is 5.10 Å². The number of hydrogen-bond donors (Lipinski definition) is 2. The van der Waals surface area contributed by atoms with Crippen LogP contribution in [0.25, 0.3) is 0 Å². The molecule has 0 aromatic heterocycles. The molecule has 0 unspecified atom stereocenters. The summed E-state index contributed by atoms with van der Waals surface area (Å²) in [5.41, 5.74) is 5.22.